The zero-order valence-electron chi connectivity index (χ0n) is 16.0. The number of sulfonamides is 1. The van der Waals surface area contributed by atoms with Crippen molar-refractivity contribution in [2.45, 2.75) is 30.9 Å². The van der Waals surface area contributed by atoms with Gasteiger partial charge in [0.15, 0.2) is 0 Å². The second kappa shape index (κ2) is 7.60. The molecule has 8 nitrogen and oxygen atoms in total. The Bertz CT molecular complexity index is 1160. The SMILES string of the molecule is Cc1ccc(NS(=O)(=O)c2cc(-c3nnc(C(=O)N4CCCC4)o3)cs2)cc1C. The molecular weight excluding hydrogens is 412 g/mol. The number of carbonyl (C=O) groups excluding carboxylic acids is 1. The summed E-state index contributed by atoms with van der Waals surface area (Å²) in [6, 6.07) is 6.84. The van der Waals surface area contributed by atoms with Crippen LogP contribution in [-0.4, -0.2) is 42.5 Å². The van der Waals surface area contributed by atoms with Crippen LogP contribution in [0.1, 0.15) is 34.7 Å². The molecule has 0 unspecified atom stereocenters. The lowest BCUT2D eigenvalue weighted by atomic mass is 10.1. The predicted molar refractivity (Wildman–Crippen MR) is 109 cm³/mol. The zero-order valence-corrected chi connectivity index (χ0v) is 17.6. The molecule has 1 saturated heterocycles. The molecule has 4 rings (SSSR count). The van der Waals surface area contributed by atoms with Crippen molar-refractivity contribution in [3.05, 3.63) is 46.7 Å². The number of anilines is 1. The number of aromatic nitrogens is 2. The van der Waals surface area contributed by atoms with Gasteiger partial charge >= 0.3 is 11.8 Å². The Hall–Kier alpha value is -2.72. The van der Waals surface area contributed by atoms with Gasteiger partial charge in [0.05, 0.1) is 5.56 Å². The molecule has 1 aliphatic rings. The Morgan fingerprint density at radius 2 is 1.90 bits per heavy atom. The molecule has 1 aromatic carbocycles. The van der Waals surface area contributed by atoms with E-state index in [0.717, 1.165) is 35.3 Å². The molecule has 152 valence electrons. The highest BCUT2D eigenvalue weighted by atomic mass is 32.2. The number of hydrogen-bond donors (Lipinski definition) is 1. The normalized spacial score (nSPS) is 14.3. The van der Waals surface area contributed by atoms with Gasteiger partial charge in [-0.25, -0.2) is 8.42 Å². The fourth-order valence-electron chi connectivity index (χ4n) is 3.06. The van der Waals surface area contributed by atoms with Crippen molar-refractivity contribution >= 4 is 33.0 Å². The van der Waals surface area contributed by atoms with Crippen molar-refractivity contribution in [3.63, 3.8) is 0 Å². The number of amides is 1. The van der Waals surface area contributed by atoms with Crippen LogP contribution in [0.15, 0.2) is 38.3 Å². The second-order valence-corrected chi connectivity index (χ2v) is 9.79. The first-order chi connectivity index (χ1) is 13.8. The monoisotopic (exact) mass is 432 g/mol. The number of likely N-dealkylation sites (tertiary alicyclic amines) is 1. The lowest BCUT2D eigenvalue weighted by Gasteiger charge is -2.11. The number of nitrogens with one attached hydrogen (secondary N) is 1. The molecule has 1 aliphatic heterocycles. The average Bonchev–Trinajstić information content (AvgIpc) is 3.44. The molecule has 1 N–H and O–H groups in total. The van der Waals surface area contributed by atoms with Gasteiger partial charge in [0.1, 0.15) is 4.21 Å². The van der Waals surface area contributed by atoms with Gasteiger partial charge in [-0.3, -0.25) is 9.52 Å². The quantitative estimate of drug-likeness (QED) is 0.662. The van der Waals surface area contributed by atoms with E-state index in [4.69, 9.17) is 4.42 Å². The maximum absolute atomic E-state index is 12.7. The summed E-state index contributed by atoms with van der Waals surface area (Å²) in [5.41, 5.74) is 3.04. The first-order valence-corrected chi connectivity index (χ1v) is 11.5. The van der Waals surface area contributed by atoms with Crippen LogP contribution in [0.3, 0.4) is 0 Å². The highest BCUT2D eigenvalue weighted by Gasteiger charge is 2.26. The molecule has 10 heteroatoms. The Morgan fingerprint density at radius 3 is 2.62 bits per heavy atom. The van der Waals surface area contributed by atoms with E-state index in [9.17, 15) is 13.2 Å². The van der Waals surface area contributed by atoms with Crippen LogP contribution in [0.25, 0.3) is 11.5 Å². The van der Waals surface area contributed by atoms with Crippen molar-refractivity contribution in [1.82, 2.24) is 15.1 Å². The molecule has 0 bridgehead atoms. The number of nitrogens with zero attached hydrogens (tertiary/aromatic N) is 3. The minimum atomic E-state index is -3.75. The molecule has 2 aromatic heterocycles. The summed E-state index contributed by atoms with van der Waals surface area (Å²) in [5, 5.41) is 9.35. The van der Waals surface area contributed by atoms with Gasteiger partial charge in [0.2, 0.25) is 5.89 Å². The number of benzene rings is 1. The van der Waals surface area contributed by atoms with E-state index < -0.39 is 10.0 Å². The van der Waals surface area contributed by atoms with Crippen LogP contribution in [0.4, 0.5) is 5.69 Å². The number of aryl methyl sites for hydroxylation is 2. The Kier molecular flexibility index (Phi) is 5.13. The largest absolute Gasteiger partial charge is 0.412 e. The van der Waals surface area contributed by atoms with E-state index in [2.05, 4.69) is 14.9 Å². The van der Waals surface area contributed by atoms with Gasteiger partial charge in [0.25, 0.3) is 10.0 Å². The summed E-state index contributed by atoms with van der Waals surface area (Å²) in [5.74, 6) is -0.247. The van der Waals surface area contributed by atoms with Crippen molar-refractivity contribution in [2.75, 3.05) is 17.8 Å². The first kappa shape index (κ1) is 19.6. The maximum atomic E-state index is 12.7. The zero-order chi connectivity index (χ0) is 20.6. The molecule has 0 radical (unpaired) electrons. The van der Waals surface area contributed by atoms with Crippen molar-refractivity contribution in [2.24, 2.45) is 0 Å². The van der Waals surface area contributed by atoms with E-state index in [0.29, 0.717) is 24.3 Å². The van der Waals surface area contributed by atoms with E-state index in [1.54, 1.807) is 22.4 Å². The average molecular weight is 433 g/mol. The van der Waals surface area contributed by atoms with Crippen molar-refractivity contribution < 1.29 is 17.6 Å². The number of thiophene rings is 1. The smallest absolute Gasteiger partial charge is 0.311 e. The maximum Gasteiger partial charge on any atom is 0.311 e. The lowest BCUT2D eigenvalue weighted by Crippen LogP contribution is -2.27. The van der Waals surface area contributed by atoms with Crippen LogP contribution in [0.5, 0.6) is 0 Å². The minimum absolute atomic E-state index is 0.0780. The fourth-order valence-corrected chi connectivity index (χ4v) is 5.26. The number of hydrogen-bond acceptors (Lipinski definition) is 7. The minimum Gasteiger partial charge on any atom is -0.412 e. The molecule has 0 spiro atoms. The number of carbonyl (C=O) groups is 1. The fraction of sp³-hybridized carbons (Fsp3) is 0.316. The van der Waals surface area contributed by atoms with Crippen LogP contribution in [0.2, 0.25) is 0 Å². The molecule has 0 saturated carbocycles. The third-order valence-electron chi connectivity index (χ3n) is 4.85. The Balaban J connectivity index is 1.53. The molecule has 0 atom stereocenters. The molecule has 1 amide bonds. The van der Waals surface area contributed by atoms with Crippen molar-refractivity contribution in [3.8, 4) is 11.5 Å². The number of rotatable bonds is 5. The molecule has 0 aliphatic carbocycles. The summed E-state index contributed by atoms with van der Waals surface area (Å²) in [7, 11) is -3.75. The first-order valence-electron chi connectivity index (χ1n) is 9.15. The summed E-state index contributed by atoms with van der Waals surface area (Å²) in [4.78, 5) is 14.0. The van der Waals surface area contributed by atoms with Gasteiger partial charge in [-0.2, -0.15) is 0 Å². The second-order valence-electron chi connectivity index (χ2n) is 6.97. The van der Waals surface area contributed by atoms with Gasteiger partial charge in [-0.05, 0) is 56.0 Å². The molecular formula is C19H20N4O4S2. The van der Waals surface area contributed by atoms with Gasteiger partial charge in [0, 0.05) is 24.2 Å². The van der Waals surface area contributed by atoms with E-state index in [1.165, 1.54) is 6.07 Å². The van der Waals surface area contributed by atoms with Crippen LogP contribution >= 0.6 is 11.3 Å². The summed E-state index contributed by atoms with van der Waals surface area (Å²) >= 11 is 1.05. The van der Waals surface area contributed by atoms with E-state index >= 15 is 0 Å². The lowest BCUT2D eigenvalue weighted by molar-refractivity contribution is 0.0754. The Labute approximate surface area is 172 Å². The topological polar surface area (TPSA) is 105 Å². The summed E-state index contributed by atoms with van der Waals surface area (Å²) in [6.45, 7) is 5.25. The highest BCUT2D eigenvalue weighted by molar-refractivity contribution is 7.94. The van der Waals surface area contributed by atoms with Crippen LogP contribution < -0.4 is 4.72 Å². The highest BCUT2D eigenvalue weighted by Crippen LogP contribution is 2.29. The summed E-state index contributed by atoms with van der Waals surface area (Å²) in [6.07, 6.45) is 1.93. The Morgan fingerprint density at radius 1 is 1.14 bits per heavy atom. The molecule has 29 heavy (non-hydrogen) atoms. The third-order valence-corrected chi connectivity index (χ3v) is 7.67. The van der Waals surface area contributed by atoms with Gasteiger partial charge in [-0.15, -0.1) is 21.5 Å². The third kappa shape index (κ3) is 4.03. The van der Waals surface area contributed by atoms with E-state index in [-0.39, 0.29) is 21.9 Å². The van der Waals surface area contributed by atoms with E-state index in [1.807, 2.05) is 19.9 Å². The predicted octanol–water partition coefficient (Wildman–Crippen LogP) is 3.45. The van der Waals surface area contributed by atoms with Gasteiger partial charge in [-0.1, -0.05) is 6.07 Å². The van der Waals surface area contributed by atoms with Gasteiger partial charge < -0.3 is 9.32 Å². The van der Waals surface area contributed by atoms with Crippen molar-refractivity contribution in [1.29, 1.82) is 0 Å². The molecule has 3 aromatic rings. The van der Waals surface area contributed by atoms with Crippen LogP contribution in [0, 0.1) is 13.8 Å². The molecule has 3 heterocycles. The molecule has 1 fully saturated rings. The standard InChI is InChI=1S/C19H20N4O4S2/c1-12-5-6-15(9-13(12)2)22-29(25,26)16-10-14(11-28-16)17-20-21-18(27-17)19(24)23-7-3-4-8-23/h5-6,9-11,22H,3-4,7-8H2,1-2H3. The van der Waals surface area contributed by atoms with Crippen LogP contribution in [-0.2, 0) is 10.0 Å². The summed E-state index contributed by atoms with van der Waals surface area (Å²) < 4.78 is 33.6.